The molecule has 1 unspecified atom stereocenters. The van der Waals surface area contributed by atoms with Crippen LogP contribution < -0.4 is 0 Å². The van der Waals surface area contributed by atoms with Crippen LogP contribution in [0.25, 0.3) is 0 Å². The lowest BCUT2D eigenvalue weighted by Gasteiger charge is -2.19. The van der Waals surface area contributed by atoms with Gasteiger partial charge in [0, 0.05) is 30.3 Å². The molecule has 1 fully saturated rings. The summed E-state index contributed by atoms with van der Waals surface area (Å²) >= 11 is 3.38. The highest BCUT2D eigenvalue weighted by Gasteiger charge is 2.35. The monoisotopic (exact) mass is 300 g/mol. The summed E-state index contributed by atoms with van der Waals surface area (Å²) in [6, 6.07) is 1.83. The fraction of sp³-hybridized carbons (Fsp3) is 0.583. The Labute approximate surface area is 109 Å². The summed E-state index contributed by atoms with van der Waals surface area (Å²) in [7, 11) is 0. The molecule has 0 spiro atoms. The summed E-state index contributed by atoms with van der Waals surface area (Å²) in [5, 5.41) is 9.88. The summed E-state index contributed by atoms with van der Waals surface area (Å²) < 4.78 is 2.83. The fourth-order valence-corrected chi connectivity index (χ4v) is 2.66. The van der Waals surface area contributed by atoms with Crippen LogP contribution in [-0.4, -0.2) is 39.2 Å². The lowest BCUT2D eigenvalue weighted by molar-refractivity contribution is 0.0566. The van der Waals surface area contributed by atoms with Crippen molar-refractivity contribution >= 4 is 21.8 Å². The Balaban J connectivity index is 2.20. The number of aromatic nitrogens is 1. The van der Waals surface area contributed by atoms with E-state index in [0.29, 0.717) is 25.2 Å². The molecule has 1 aromatic rings. The quantitative estimate of drug-likeness (QED) is 0.906. The number of rotatable bonds is 2. The number of nitrogens with zero attached hydrogens (tertiary/aromatic N) is 2. The number of likely N-dealkylation sites (tertiary alicyclic amines) is 1. The number of hydrogen-bond donors (Lipinski definition) is 1. The molecule has 2 heterocycles. The van der Waals surface area contributed by atoms with E-state index in [1.807, 2.05) is 23.8 Å². The molecule has 5 heteroatoms. The third kappa shape index (κ3) is 2.55. The van der Waals surface area contributed by atoms with Gasteiger partial charge >= 0.3 is 0 Å². The molecule has 1 saturated heterocycles. The maximum Gasteiger partial charge on any atom is 0.270 e. The van der Waals surface area contributed by atoms with Gasteiger partial charge in [-0.2, -0.15) is 0 Å². The van der Waals surface area contributed by atoms with Gasteiger partial charge in [-0.15, -0.1) is 0 Å². The van der Waals surface area contributed by atoms with Gasteiger partial charge in [0.15, 0.2) is 0 Å². The van der Waals surface area contributed by atoms with Crippen molar-refractivity contribution in [1.29, 1.82) is 0 Å². The summed E-state index contributed by atoms with van der Waals surface area (Å²) in [6.07, 6.45) is 2.55. The highest BCUT2D eigenvalue weighted by Crippen LogP contribution is 2.23. The summed E-state index contributed by atoms with van der Waals surface area (Å²) in [5.74, 6) is -0.00433. The van der Waals surface area contributed by atoms with Crippen LogP contribution in [0.15, 0.2) is 16.7 Å². The Morgan fingerprint density at radius 1 is 1.65 bits per heavy atom. The van der Waals surface area contributed by atoms with E-state index in [-0.39, 0.29) is 5.91 Å². The van der Waals surface area contributed by atoms with Gasteiger partial charge in [-0.3, -0.25) is 4.79 Å². The molecule has 1 aromatic heterocycles. The van der Waals surface area contributed by atoms with Crippen LogP contribution in [0.4, 0.5) is 0 Å². The predicted molar refractivity (Wildman–Crippen MR) is 69.0 cm³/mol. The molecular weight excluding hydrogens is 284 g/mol. The van der Waals surface area contributed by atoms with E-state index in [9.17, 15) is 9.90 Å². The highest BCUT2D eigenvalue weighted by molar-refractivity contribution is 9.10. The second-order valence-electron chi connectivity index (χ2n) is 4.80. The lowest BCUT2D eigenvalue weighted by Crippen LogP contribution is -2.34. The van der Waals surface area contributed by atoms with Gasteiger partial charge in [0.1, 0.15) is 5.69 Å². The second kappa shape index (κ2) is 4.46. The molecule has 1 amide bonds. The van der Waals surface area contributed by atoms with Crippen LogP contribution in [0.1, 0.15) is 30.8 Å². The van der Waals surface area contributed by atoms with E-state index in [4.69, 9.17) is 0 Å². The number of aliphatic hydroxyl groups is 1. The van der Waals surface area contributed by atoms with E-state index in [0.717, 1.165) is 11.0 Å². The van der Waals surface area contributed by atoms with E-state index < -0.39 is 5.60 Å². The molecule has 1 aliphatic rings. The summed E-state index contributed by atoms with van der Waals surface area (Å²) in [5.41, 5.74) is -0.0617. The minimum atomic E-state index is -0.740. The first-order chi connectivity index (χ1) is 7.93. The number of aryl methyl sites for hydroxylation is 1. The van der Waals surface area contributed by atoms with Gasteiger partial charge in [0.05, 0.1) is 5.60 Å². The van der Waals surface area contributed by atoms with Crippen molar-refractivity contribution in [3.8, 4) is 0 Å². The standard InChI is InChI=1S/C12H17BrN2O2/c1-3-14-7-9(13)6-10(14)11(16)15-5-4-12(2,17)8-15/h6-7,17H,3-5,8H2,1-2H3. The molecule has 0 aliphatic carbocycles. The summed E-state index contributed by atoms with van der Waals surface area (Å²) in [6.45, 7) is 5.58. The number of amides is 1. The van der Waals surface area contributed by atoms with Crippen molar-refractivity contribution in [2.24, 2.45) is 0 Å². The number of carbonyl (C=O) groups is 1. The molecule has 0 saturated carbocycles. The SMILES string of the molecule is CCn1cc(Br)cc1C(=O)N1CCC(C)(O)C1. The largest absolute Gasteiger partial charge is 0.388 e. The van der Waals surface area contributed by atoms with Crippen LogP contribution in [-0.2, 0) is 6.54 Å². The van der Waals surface area contributed by atoms with E-state index >= 15 is 0 Å². The third-order valence-electron chi connectivity index (χ3n) is 3.16. The first-order valence-corrected chi connectivity index (χ1v) is 6.59. The van der Waals surface area contributed by atoms with Crippen molar-refractivity contribution in [2.75, 3.05) is 13.1 Å². The van der Waals surface area contributed by atoms with E-state index in [1.165, 1.54) is 0 Å². The molecular formula is C12H17BrN2O2. The van der Waals surface area contributed by atoms with Crippen LogP contribution in [0.3, 0.4) is 0 Å². The normalized spacial score (nSPS) is 24.4. The van der Waals surface area contributed by atoms with Crippen molar-refractivity contribution in [3.05, 3.63) is 22.4 Å². The number of carbonyl (C=O) groups excluding carboxylic acids is 1. The lowest BCUT2D eigenvalue weighted by atomic mass is 10.1. The number of halogens is 1. The molecule has 1 aliphatic heterocycles. The van der Waals surface area contributed by atoms with Gasteiger partial charge in [0.2, 0.25) is 0 Å². The van der Waals surface area contributed by atoms with Crippen molar-refractivity contribution in [1.82, 2.24) is 9.47 Å². The van der Waals surface area contributed by atoms with Crippen LogP contribution in [0, 0.1) is 0 Å². The molecule has 0 bridgehead atoms. The zero-order chi connectivity index (χ0) is 12.6. The average Bonchev–Trinajstić information content (AvgIpc) is 2.80. The Bertz CT molecular complexity index is 440. The Morgan fingerprint density at radius 2 is 2.35 bits per heavy atom. The van der Waals surface area contributed by atoms with E-state index in [1.54, 1.807) is 11.8 Å². The summed E-state index contributed by atoms with van der Waals surface area (Å²) in [4.78, 5) is 14.0. The first-order valence-electron chi connectivity index (χ1n) is 5.80. The predicted octanol–water partition coefficient (Wildman–Crippen LogP) is 1.87. The molecule has 1 atom stereocenters. The Kier molecular flexibility index (Phi) is 3.32. The van der Waals surface area contributed by atoms with Crippen LogP contribution in [0.5, 0.6) is 0 Å². The molecule has 2 rings (SSSR count). The third-order valence-corrected chi connectivity index (χ3v) is 3.60. The van der Waals surface area contributed by atoms with Crippen molar-refractivity contribution in [3.63, 3.8) is 0 Å². The maximum atomic E-state index is 12.3. The van der Waals surface area contributed by atoms with Crippen molar-refractivity contribution < 1.29 is 9.90 Å². The van der Waals surface area contributed by atoms with Gasteiger partial charge in [-0.1, -0.05) is 0 Å². The van der Waals surface area contributed by atoms with Crippen LogP contribution >= 0.6 is 15.9 Å². The number of β-amino-alcohol motifs (C(OH)–C–C–N with tert-alkyl or cyclic N) is 1. The molecule has 0 radical (unpaired) electrons. The van der Waals surface area contributed by atoms with E-state index in [2.05, 4.69) is 15.9 Å². The first kappa shape index (κ1) is 12.6. The molecule has 94 valence electrons. The zero-order valence-electron chi connectivity index (χ0n) is 10.1. The molecule has 17 heavy (non-hydrogen) atoms. The van der Waals surface area contributed by atoms with Gasteiger partial charge in [0.25, 0.3) is 5.91 Å². The minimum absolute atomic E-state index is 0.00433. The molecule has 4 nitrogen and oxygen atoms in total. The number of hydrogen-bond acceptors (Lipinski definition) is 2. The smallest absolute Gasteiger partial charge is 0.270 e. The highest BCUT2D eigenvalue weighted by atomic mass is 79.9. The van der Waals surface area contributed by atoms with Gasteiger partial charge < -0.3 is 14.6 Å². The van der Waals surface area contributed by atoms with Gasteiger partial charge in [-0.25, -0.2) is 0 Å². The average molecular weight is 301 g/mol. The zero-order valence-corrected chi connectivity index (χ0v) is 11.7. The second-order valence-corrected chi connectivity index (χ2v) is 5.72. The molecule has 1 N–H and O–H groups in total. The maximum absolute atomic E-state index is 12.3. The molecule has 0 aromatic carbocycles. The fourth-order valence-electron chi connectivity index (χ4n) is 2.20. The Hall–Kier alpha value is -0.810. The Morgan fingerprint density at radius 3 is 2.88 bits per heavy atom. The topological polar surface area (TPSA) is 45.5 Å². The van der Waals surface area contributed by atoms with Gasteiger partial charge in [-0.05, 0) is 42.3 Å². The van der Waals surface area contributed by atoms with Crippen LogP contribution in [0.2, 0.25) is 0 Å². The van der Waals surface area contributed by atoms with Crippen molar-refractivity contribution in [2.45, 2.75) is 32.4 Å². The minimum Gasteiger partial charge on any atom is -0.388 e.